The Hall–Kier alpha value is -2.81. The van der Waals surface area contributed by atoms with Crippen LogP contribution in [0.5, 0.6) is 0 Å². The maximum Gasteiger partial charge on any atom is 0.416 e. The predicted molar refractivity (Wildman–Crippen MR) is 115 cm³/mol. The van der Waals surface area contributed by atoms with Crippen LogP contribution < -0.4 is 0 Å². The molecule has 170 valence electrons. The number of alkyl halides is 3. The molecule has 0 saturated carbocycles. The third-order valence-electron chi connectivity index (χ3n) is 5.01. The van der Waals surface area contributed by atoms with Crippen LogP contribution >= 0.6 is 22.9 Å². The summed E-state index contributed by atoms with van der Waals surface area (Å²) in [5.41, 5.74) is -1.55. The Morgan fingerprint density at radius 1 is 1.12 bits per heavy atom. The van der Waals surface area contributed by atoms with Gasteiger partial charge in [0.15, 0.2) is 0 Å². The van der Waals surface area contributed by atoms with Crippen molar-refractivity contribution in [2.75, 3.05) is 13.1 Å². The molecule has 1 amide bonds. The molecule has 0 radical (unpaired) electrons. The second-order valence-electron chi connectivity index (χ2n) is 7.20. The fraction of sp³-hybridized carbons (Fsp3) is 0.316. The molecular weight excluding hydrogens is 548 g/mol. The van der Waals surface area contributed by atoms with Gasteiger partial charge < -0.3 is 4.90 Å². The molecule has 3 rings (SSSR count). The minimum absolute atomic E-state index is 0.163. The van der Waals surface area contributed by atoms with E-state index in [1.165, 1.54) is 11.0 Å². The number of halogens is 4. The lowest BCUT2D eigenvalue weighted by Crippen LogP contribution is -2.33. The molecular formula is C19H16F3IN4O5. The highest BCUT2D eigenvalue weighted by atomic mass is 127. The predicted octanol–water partition coefficient (Wildman–Crippen LogP) is 4.59. The van der Waals surface area contributed by atoms with Crippen molar-refractivity contribution in [2.24, 2.45) is 0 Å². The van der Waals surface area contributed by atoms with Gasteiger partial charge in [-0.25, -0.2) is 3.11 Å². The number of amides is 1. The molecule has 0 aromatic heterocycles. The first kappa shape index (κ1) is 23.8. The summed E-state index contributed by atoms with van der Waals surface area (Å²) in [7, 11) is 0. The summed E-state index contributed by atoms with van der Waals surface area (Å²) in [4.78, 5) is 34.7. The van der Waals surface area contributed by atoms with Crippen LogP contribution in [0.3, 0.4) is 0 Å². The zero-order chi connectivity index (χ0) is 23.6. The summed E-state index contributed by atoms with van der Waals surface area (Å²) in [6.45, 7) is 0.763. The van der Waals surface area contributed by atoms with E-state index in [4.69, 9.17) is 0 Å². The van der Waals surface area contributed by atoms with Gasteiger partial charge in [0.1, 0.15) is 0 Å². The first-order valence-electron chi connectivity index (χ1n) is 9.27. The van der Waals surface area contributed by atoms with Crippen molar-refractivity contribution in [2.45, 2.75) is 25.2 Å². The zero-order valence-electron chi connectivity index (χ0n) is 16.3. The quantitative estimate of drug-likeness (QED) is 0.220. The Labute approximate surface area is 193 Å². The van der Waals surface area contributed by atoms with Crippen LogP contribution in [0.1, 0.15) is 27.9 Å². The number of hydrogen-bond donors (Lipinski definition) is 0. The van der Waals surface area contributed by atoms with Crippen molar-refractivity contribution in [3.8, 4) is 0 Å². The summed E-state index contributed by atoms with van der Waals surface area (Å²) >= 11 is 1.99. The van der Waals surface area contributed by atoms with Gasteiger partial charge in [0.2, 0.25) is 0 Å². The summed E-state index contributed by atoms with van der Waals surface area (Å²) in [5, 5.41) is 22.1. The third-order valence-corrected chi connectivity index (χ3v) is 6.13. The molecule has 9 nitrogen and oxygen atoms in total. The van der Waals surface area contributed by atoms with Gasteiger partial charge in [-0.3, -0.25) is 25.0 Å². The molecule has 2 aromatic rings. The third kappa shape index (κ3) is 5.51. The first-order chi connectivity index (χ1) is 15.0. The second-order valence-corrected chi connectivity index (χ2v) is 8.44. The fourth-order valence-electron chi connectivity index (χ4n) is 3.42. The van der Waals surface area contributed by atoms with E-state index in [9.17, 15) is 38.2 Å². The number of hydrogen-bond acceptors (Lipinski definition) is 6. The smallest absolute Gasteiger partial charge is 0.337 e. The van der Waals surface area contributed by atoms with E-state index in [2.05, 4.69) is 0 Å². The molecule has 1 aliphatic rings. The largest absolute Gasteiger partial charge is 0.416 e. The van der Waals surface area contributed by atoms with Gasteiger partial charge in [0, 0.05) is 60.7 Å². The van der Waals surface area contributed by atoms with Crippen molar-refractivity contribution < 1.29 is 27.8 Å². The number of benzene rings is 2. The normalized spacial score (nSPS) is 16.4. The van der Waals surface area contributed by atoms with Crippen LogP contribution in [-0.2, 0) is 12.7 Å². The molecule has 1 fully saturated rings. The minimum Gasteiger partial charge on any atom is -0.337 e. The standard InChI is InChI=1S/C19H16F3IN4O5/c20-19(21,22)14-3-1-2-12(6-14)10-25(23)15-4-5-24(11-15)18(28)13-7-16(26(29)30)9-17(8-13)27(31)32/h1-3,6-9,15H,4-5,10-11H2/t15-/m1/s1. The van der Waals surface area contributed by atoms with Gasteiger partial charge in [-0.15, -0.1) is 0 Å². The molecule has 13 heteroatoms. The summed E-state index contributed by atoms with van der Waals surface area (Å²) in [6.07, 6.45) is -3.91. The SMILES string of the molecule is O=C(c1cc([N+](=O)[O-])cc([N+](=O)[O-])c1)N1CC[C@@H](N(I)Cc2cccc(C(F)(F)F)c2)C1. The average molecular weight is 564 g/mol. The van der Waals surface area contributed by atoms with E-state index >= 15 is 0 Å². The van der Waals surface area contributed by atoms with Gasteiger partial charge >= 0.3 is 6.18 Å². The van der Waals surface area contributed by atoms with Gasteiger partial charge in [0.25, 0.3) is 17.3 Å². The van der Waals surface area contributed by atoms with Gasteiger partial charge in [-0.05, 0) is 18.1 Å². The number of rotatable bonds is 6. The van der Waals surface area contributed by atoms with Gasteiger partial charge in [-0.2, -0.15) is 13.2 Å². The number of carbonyl (C=O) groups excluding carboxylic acids is 1. The monoisotopic (exact) mass is 564 g/mol. The molecule has 1 heterocycles. The van der Waals surface area contributed by atoms with E-state index < -0.39 is 38.9 Å². The van der Waals surface area contributed by atoms with Crippen LogP contribution in [0.15, 0.2) is 42.5 Å². The Morgan fingerprint density at radius 2 is 1.75 bits per heavy atom. The maximum atomic E-state index is 12.9. The summed E-state index contributed by atoms with van der Waals surface area (Å²) < 4.78 is 40.6. The van der Waals surface area contributed by atoms with Gasteiger partial charge in [-0.1, -0.05) is 18.2 Å². The molecule has 0 aliphatic carbocycles. The van der Waals surface area contributed by atoms with E-state index in [0.717, 1.165) is 30.3 Å². The lowest BCUT2D eigenvalue weighted by Gasteiger charge is -2.23. The highest BCUT2D eigenvalue weighted by molar-refractivity contribution is 14.1. The molecule has 1 saturated heterocycles. The Kier molecular flexibility index (Phi) is 6.97. The Morgan fingerprint density at radius 3 is 2.31 bits per heavy atom. The first-order valence-corrected chi connectivity index (χ1v) is 10.2. The average Bonchev–Trinajstić information content (AvgIpc) is 3.22. The maximum absolute atomic E-state index is 12.9. The number of nitro benzene ring substituents is 2. The Bertz CT molecular complexity index is 1030. The molecule has 0 unspecified atom stereocenters. The highest BCUT2D eigenvalue weighted by Gasteiger charge is 2.33. The molecule has 0 spiro atoms. The number of non-ortho nitro benzene ring substituents is 2. The lowest BCUT2D eigenvalue weighted by atomic mass is 10.1. The van der Waals surface area contributed by atoms with E-state index in [1.807, 2.05) is 22.9 Å². The number of nitrogens with zero attached hydrogens (tertiary/aromatic N) is 4. The van der Waals surface area contributed by atoms with Crippen molar-refractivity contribution in [3.05, 3.63) is 79.4 Å². The van der Waals surface area contributed by atoms with Crippen LogP contribution in [-0.4, -0.2) is 42.9 Å². The van der Waals surface area contributed by atoms with Crippen molar-refractivity contribution in [1.82, 2.24) is 8.01 Å². The van der Waals surface area contributed by atoms with Crippen LogP contribution in [0, 0.1) is 20.2 Å². The molecule has 0 N–H and O–H groups in total. The van der Waals surface area contributed by atoms with Crippen molar-refractivity contribution in [3.63, 3.8) is 0 Å². The Balaban J connectivity index is 1.71. The van der Waals surface area contributed by atoms with Crippen molar-refractivity contribution >= 4 is 40.1 Å². The summed E-state index contributed by atoms with van der Waals surface area (Å²) in [5.74, 6) is -0.580. The molecule has 1 aliphatic heterocycles. The lowest BCUT2D eigenvalue weighted by molar-refractivity contribution is -0.394. The number of carbonyl (C=O) groups is 1. The number of nitro groups is 2. The second kappa shape index (κ2) is 9.36. The fourth-order valence-corrected chi connectivity index (χ4v) is 4.27. The molecule has 2 aromatic carbocycles. The minimum atomic E-state index is -4.44. The van der Waals surface area contributed by atoms with E-state index in [-0.39, 0.29) is 24.7 Å². The molecule has 1 atom stereocenters. The van der Waals surface area contributed by atoms with E-state index in [0.29, 0.717) is 18.5 Å². The molecule has 32 heavy (non-hydrogen) atoms. The number of likely N-dealkylation sites (tertiary alicyclic amines) is 1. The topological polar surface area (TPSA) is 110 Å². The van der Waals surface area contributed by atoms with Crippen LogP contribution in [0.2, 0.25) is 0 Å². The van der Waals surface area contributed by atoms with Crippen LogP contribution in [0.25, 0.3) is 0 Å². The van der Waals surface area contributed by atoms with Crippen LogP contribution in [0.4, 0.5) is 24.5 Å². The molecule has 0 bridgehead atoms. The van der Waals surface area contributed by atoms with Crippen molar-refractivity contribution in [1.29, 1.82) is 0 Å². The van der Waals surface area contributed by atoms with E-state index in [1.54, 1.807) is 9.18 Å². The highest BCUT2D eigenvalue weighted by Crippen LogP contribution is 2.31. The zero-order valence-corrected chi connectivity index (χ0v) is 18.4. The van der Waals surface area contributed by atoms with Gasteiger partial charge in [0.05, 0.1) is 27.0 Å². The summed E-state index contributed by atoms with van der Waals surface area (Å²) in [6, 6.07) is 7.60.